The van der Waals surface area contributed by atoms with Crippen LogP contribution < -0.4 is 4.90 Å². The van der Waals surface area contributed by atoms with Gasteiger partial charge in [-0.05, 0) is 27.7 Å². The number of anilines is 1. The summed E-state index contributed by atoms with van der Waals surface area (Å²) in [7, 11) is 1.59. The molecule has 0 atom stereocenters. The molecule has 0 fully saturated rings. The number of rotatable bonds is 4. The smallest absolute Gasteiger partial charge is 0.416 e. The van der Waals surface area contributed by atoms with E-state index in [-0.39, 0.29) is 0 Å². The second kappa shape index (κ2) is 6.31. The molecule has 0 saturated carbocycles. The number of aryl methyl sites for hydroxylation is 1. The first kappa shape index (κ1) is 16.2. The topological polar surface area (TPSA) is 69.0 Å². The molecule has 2 aromatic rings. The summed E-state index contributed by atoms with van der Waals surface area (Å²) in [6.07, 6.45) is 1.21. The second-order valence-electron chi connectivity index (χ2n) is 5.98. The fourth-order valence-electron chi connectivity index (χ4n) is 2.01. The van der Waals surface area contributed by atoms with Crippen LogP contribution in [0.1, 0.15) is 26.5 Å². The van der Waals surface area contributed by atoms with Gasteiger partial charge in [0.05, 0.1) is 19.3 Å². The predicted octanol–water partition coefficient (Wildman–Crippen LogP) is 2.43. The van der Waals surface area contributed by atoms with Gasteiger partial charge in [0.15, 0.2) is 5.65 Å². The van der Waals surface area contributed by atoms with Crippen LogP contribution in [-0.2, 0) is 9.47 Å². The molecule has 22 heavy (non-hydrogen) atoms. The van der Waals surface area contributed by atoms with E-state index >= 15 is 0 Å². The number of amides is 1. The fraction of sp³-hybridized carbons (Fsp3) is 0.533. The van der Waals surface area contributed by atoms with Crippen LogP contribution in [-0.4, -0.2) is 46.6 Å². The molecule has 0 bridgehead atoms. The number of aromatic nitrogens is 3. The average molecular weight is 306 g/mol. The standard InChI is InChI=1S/C15H22N4O3/c1-11-10-13(19-12(17-11)6-7-16-19)18(8-9-21-5)14(20)22-15(2,3)4/h6-7,10H,8-9H2,1-5H3. The van der Waals surface area contributed by atoms with Crippen molar-refractivity contribution in [2.45, 2.75) is 33.3 Å². The summed E-state index contributed by atoms with van der Waals surface area (Å²) < 4.78 is 12.2. The summed E-state index contributed by atoms with van der Waals surface area (Å²) in [5.74, 6) is 0.610. The Labute approximate surface area is 129 Å². The van der Waals surface area contributed by atoms with Gasteiger partial charge in [-0.25, -0.2) is 9.78 Å². The number of fused-ring (bicyclic) bond motifs is 1. The summed E-state index contributed by atoms with van der Waals surface area (Å²) in [4.78, 5) is 18.4. The van der Waals surface area contributed by atoms with Crippen molar-refractivity contribution in [1.29, 1.82) is 0 Å². The van der Waals surface area contributed by atoms with E-state index in [1.165, 1.54) is 4.90 Å². The van der Waals surface area contributed by atoms with Crippen molar-refractivity contribution in [3.63, 3.8) is 0 Å². The Kier molecular flexibility index (Phi) is 4.65. The minimum absolute atomic E-state index is 0.365. The molecule has 2 aromatic heterocycles. The van der Waals surface area contributed by atoms with E-state index in [1.807, 2.05) is 27.7 Å². The van der Waals surface area contributed by atoms with Crippen molar-refractivity contribution in [3.05, 3.63) is 24.0 Å². The zero-order valence-electron chi connectivity index (χ0n) is 13.7. The summed E-state index contributed by atoms with van der Waals surface area (Å²) in [6.45, 7) is 8.13. The molecular formula is C15H22N4O3. The quantitative estimate of drug-likeness (QED) is 0.867. The third kappa shape index (κ3) is 3.73. The maximum atomic E-state index is 12.5. The van der Waals surface area contributed by atoms with Gasteiger partial charge in [0.25, 0.3) is 0 Å². The number of hydrogen-bond donors (Lipinski definition) is 0. The molecule has 2 heterocycles. The molecule has 0 radical (unpaired) electrons. The summed E-state index contributed by atoms with van der Waals surface area (Å²) >= 11 is 0. The van der Waals surface area contributed by atoms with Gasteiger partial charge in [-0.2, -0.15) is 9.61 Å². The van der Waals surface area contributed by atoms with Gasteiger partial charge >= 0.3 is 6.09 Å². The van der Waals surface area contributed by atoms with Crippen LogP contribution in [0, 0.1) is 6.92 Å². The largest absolute Gasteiger partial charge is 0.443 e. The van der Waals surface area contributed by atoms with Crippen molar-refractivity contribution in [2.24, 2.45) is 0 Å². The van der Waals surface area contributed by atoms with Crippen LogP contribution >= 0.6 is 0 Å². The fourth-order valence-corrected chi connectivity index (χ4v) is 2.01. The van der Waals surface area contributed by atoms with Crippen LogP contribution in [0.3, 0.4) is 0 Å². The van der Waals surface area contributed by atoms with E-state index in [0.29, 0.717) is 24.6 Å². The SMILES string of the molecule is COCCN(C(=O)OC(C)(C)C)c1cc(C)nc2ccnn12. The molecule has 0 saturated heterocycles. The molecule has 0 unspecified atom stereocenters. The Morgan fingerprint density at radius 2 is 2.14 bits per heavy atom. The van der Waals surface area contributed by atoms with Crippen LogP contribution in [0.15, 0.2) is 18.3 Å². The van der Waals surface area contributed by atoms with Gasteiger partial charge < -0.3 is 9.47 Å². The molecule has 2 rings (SSSR count). The van der Waals surface area contributed by atoms with Crippen LogP contribution in [0.4, 0.5) is 10.6 Å². The lowest BCUT2D eigenvalue weighted by atomic mass is 10.2. The highest BCUT2D eigenvalue weighted by Crippen LogP contribution is 2.20. The van der Waals surface area contributed by atoms with Crippen LogP contribution in [0.5, 0.6) is 0 Å². The van der Waals surface area contributed by atoms with E-state index in [0.717, 1.165) is 5.69 Å². The third-order valence-corrected chi connectivity index (χ3v) is 2.88. The first-order chi connectivity index (χ1) is 10.3. The molecule has 1 amide bonds. The summed E-state index contributed by atoms with van der Waals surface area (Å²) in [6, 6.07) is 3.60. The predicted molar refractivity (Wildman–Crippen MR) is 83.2 cm³/mol. The molecular weight excluding hydrogens is 284 g/mol. The molecule has 7 heteroatoms. The highest BCUT2D eigenvalue weighted by molar-refractivity contribution is 5.87. The molecule has 120 valence electrons. The Bertz CT molecular complexity index is 660. The Balaban J connectivity index is 2.42. The maximum Gasteiger partial charge on any atom is 0.416 e. The third-order valence-electron chi connectivity index (χ3n) is 2.88. The number of methoxy groups -OCH3 is 1. The normalized spacial score (nSPS) is 11.7. The number of nitrogens with zero attached hydrogens (tertiary/aromatic N) is 4. The first-order valence-electron chi connectivity index (χ1n) is 7.12. The van der Waals surface area contributed by atoms with E-state index in [1.54, 1.807) is 30.0 Å². The second-order valence-corrected chi connectivity index (χ2v) is 5.98. The van der Waals surface area contributed by atoms with Crippen molar-refractivity contribution in [3.8, 4) is 0 Å². The number of carbonyl (C=O) groups is 1. The van der Waals surface area contributed by atoms with Crippen LogP contribution in [0.2, 0.25) is 0 Å². The average Bonchev–Trinajstić information content (AvgIpc) is 2.84. The monoisotopic (exact) mass is 306 g/mol. The van der Waals surface area contributed by atoms with E-state index < -0.39 is 11.7 Å². The minimum atomic E-state index is -0.576. The molecule has 0 aliphatic rings. The number of carbonyl (C=O) groups excluding carboxylic acids is 1. The molecule has 0 aliphatic carbocycles. The number of hydrogen-bond acceptors (Lipinski definition) is 5. The Morgan fingerprint density at radius 3 is 2.77 bits per heavy atom. The number of ether oxygens (including phenoxy) is 2. The Morgan fingerprint density at radius 1 is 1.41 bits per heavy atom. The van der Waals surface area contributed by atoms with E-state index in [2.05, 4.69) is 10.1 Å². The van der Waals surface area contributed by atoms with Crippen molar-refractivity contribution >= 4 is 17.6 Å². The summed E-state index contributed by atoms with van der Waals surface area (Å²) in [5.41, 5.74) is 0.906. The van der Waals surface area contributed by atoms with Gasteiger partial charge in [0, 0.05) is 24.9 Å². The van der Waals surface area contributed by atoms with Gasteiger partial charge in [-0.15, -0.1) is 0 Å². The lowest BCUT2D eigenvalue weighted by molar-refractivity contribution is 0.0567. The zero-order valence-corrected chi connectivity index (χ0v) is 13.7. The molecule has 0 aromatic carbocycles. The van der Waals surface area contributed by atoms with Crippen molar-refractivity contribution in [2.75, 3.05) is 25.2 Å². The molecule has 0 N–H and O–H groups in total. The zero-order chi connectivity index (χ0) is 16.3. The van der Waals surface area contributed by atoms with Gasteiger partial charge in [-0.3, -0.25) is 4.90 Å². The summed E-state index contributed by atoms with van der Waals surface area (Å²) in [5, 5.41) is 4.23. The first-order valence-corrected chi connectivity index (χ1v) is 7.12. The lowest BCUT2D eigenvalue weighted by Crippen LogP contribution is -2.40. The minimum Gasteiger partial charge on any atom is -0.443 e. The van der Waals surface area contributed by atoms with E-state index in [9.17, 15) is 4.79 Å². The molecule has 0 aliphatic heterocycles. The molecule has 0 spiro atoms. The van der Waals surface area contributed by atoms with Crippen LogP contribution in [0.25, 0.3) is 5.65 Å². The lowest BCUT2D eigenvalue weighted by Gasteiger charge is -2.27. The highest BCUT2D eigenvalue weighted by atomic mass is 16.6. The van der Waals surface area contributed by atoms with Gasteiger partial charge in [-0.1, -0.05) is 0 Å². The van der Waals surface area contributed by atoms with E-state index in [4.69, 9.17) is 9.47 Å². The van der Waals surface area contributed by atoms with Crippen molar-refractivity contribution in [1.82, 2.24) is 14.6 Å². The Hall–Kier alpha value is -2.15. The molecule has 7 nitrogen and oxygen atoms in total. The van der Waals surface area contributed by atoms with Gasteiger partial charge in [0.1, 0.15) is 11.4 Å². The van der Waals surface area contributed by atoms with Gasteiger partial charge in [0.2, 0.25) is 0 Å². The maximum absolute atomic E-state index is 12.5. The highest BCUT2D eigenvalue weighted by Gasteiger charge is 2.25. The van der Waals surface area contributed by atoms with Crippen molar-refractivity contribution < 1.29 is 14.3 Å².